The monoisotopic (exact) mass is 347 g/mol. The molecular formula is C20H30FN3O. The average molecular weight is 347 g/mol. The number of hydrogen-bond acceptors (Lipinski definition) is 4. The summed E-state index contributed by atoms with van der Waals surface area (Å²) in [4.78, 5) is 7.45. The maximum Gasteiger partial charge on any atom is 0.123 e. The normalized spacial score (nSPS) is 32.0. The van der Waals surface area contributed by atoms with Gasteiger partial charge in [-0.2, -0.15) is 0 Å². The number of rotatable bonds is 4. The number of likely N-dealkylation sites (N-methyl/N-ethyl adjacent to an activating group) is 1. The third kappa shape index (κ3) is 4.22. The van der Waals surface area contributed by atoms with Gasteiger partial charge in [0, 0.05) is 51.7 Å². The Hall–Kier alpha value is -1.01. The van der Waals surface area contributed by atoms with E-state index in [2.05, 4.69) is 21.7 Å². The fraction of sp³-hybridized carbons (Fsp3) is 0.700. The van der Waals surface area contributed by atoms with Crippen LogP contribution in [0.4, 0.5) is 4.39 Å². The Bertz CT molecular complexity index is 576. The molecule has 1 aromatic rings. The second-order valence-electron chi connectivity index (χ2n) is 8.05. The van der Waals surface area contributed by atoms with Crippen molar-refractivity contribution in [2.45, 2.75) is 19.1 Å². The number of piperazine rings is 1. The lowest BCUT2D eigenvalue weighted by Gasteiger charge is -2.38. The molecule has 3 heterocycles. The minimum absolute atomic E-state index is 0.135. The van der Waals surface area contributed by atoms with E-state index in [1.54, 1.807) is 6.07 Å². The largest absolute Gasteiger partial charge is 0.376 e. The first kappa shape index (κ1) is 17.4. The highest BCUT2D eigenvalue weighted by Crippen LogP contribution is 2.35. The molecule has 0 N–H and O–H groups in total. The molecule has 4 nitrogen and oxygen atoms in total. The average Bonchev–Trinajstić information content (AvgIpc) is 2.99. The first-order valence-electron chi connectivity index (χ1n) is 9.66. The zero-order chi connectivity index (χ0) is 17.2. The molecule has 3 atom stereocenters. The molecule has 1 aromatic carbocycles. The van der Waals surface area contributed by atoms with Gasteiger partial charge in [0.2, 0.25) is 0 Å². The van der Waals surface area contributed by atoms with Crippen molar-refractivity contribution in [3.63, 3.8) is 0 Å². The summed E-state index contributed by atoms with van der Waals surface area (Å²) in [7, 11) is 2.20. The molecule has 0 unspecified atom stereocenters. The number of nitrogens with zero attached hydrogens (tertiary/aromatic N) is 3. The highest BCUT2D eigenvalue weighted by atomic mass is 19.1. The third-order valence-electron chi connectivity index (χ3n) is 6.21. The van der Waals surface area contributed by atoms with Gasteiger partial charge in [0.05, 0.1) is 12.7 Å². The second-order valence-corrected chi connectivity index (χ2v) is 8.05. The molecule has 0 spiro atoms. The van der Waals surface area contributed by atoms with Crippen molar-refractivity contribution in [2.24, 2.45) is 11.8 Å². The lowest BCUT2D eigenvalue weighted by Crippen LogP contribution is -2.49. The quantitative estimate of drug-likeness (QED) is 0.828. The predicted octanol–water partition coefficient (Wildman–Crippen LogP) is 1.91. The van der Waals surface area contributed by atoms with Crippen LogP contribution in [-0.4, -0.2) is 80.3 Å². The first-order valence-corrected chi connectivity index (χ1v) is 9.66. The Labute approximate surface area is 150 Å². The van der Waals surface area contributed by atoms with Gasteiger partial charge in [-0.3, -0.25) is 9.80 Å². The molecule has 3 aliphatic rings. The van der Waals surface area contributed by atoms with Crippen molar-refractivity contribution in [2.75, 3.05) is 59.5 Å². The third-order valence-corrected chi connectivity index (χ3v) is 6.21. The Kier molecular flexibility index (Phi) is 5.36. The lowest BCUT2D eigenvalue weighted by atomic mass is 9.84. The van der Waals surface area contributed by atoms with Gasteiger partial charge in [0.1, 0.15) is 5.82 Å². The summed E-state index contributed by atoms with van der Waals surface area (Å²) >= 11 is 0. The zero-order valence-electron chi connectivity index (χ0n) is 15.2. The summed E-state index contributed by atoms with van der Waals surface area (Å²) in [5.41, 5.74) is 1.08. The summed E-state index contributed by atoms with van der Waals surface area (Å²) in [5, 5.41) is 0. The van der Waals surface area contributed by atoms with Crippen molar-refractivity contribution < 1.29 is 9.13 Å². The van der Waals surface area contributed by atoms with E-state index in [4.69, 9.17) is 4.74 Å². The molecule has 3 saturated heterocycles. The topological polar surface area (TPSA) is 19.0 Å². The molecule has 3 aliphatic heterocycles. The Balaban J connectivity index is 1.29. The van der Waals surface area contributed by atoms with Crippen LogP contribution >= 0.6 is 0 Å². The van der Waals surface area contributed by atoms with Crippen LogP contribution in [0.1, 0.15) is 12.0 Å². The minimum Gasteiger partial charge on any atom is -0.376 e. The molecule has 4 rings (SSSR count). The maximum atomic E-state index is 13.4. The van der Waals surface area contributed by atoms with E-state index in [0.717, 1.165) is 38.3 Å². The van der Waals surface area contributed by atoms with Crippen LogP contribution in [0.5, 0.6) is 0 Å². The summed E-state index contributed by atoms with van der Waals surface area (Å²) in [6.07, 6.45) is 1.61. The van der Waals surface area contributed by atoms with Crippen molar-refractivity contribution >= 4 is 0 Å². The van der Waals surface area contributed by atoms with E-state index in [1.807, 2.05) is 12.1 Å². The summed E-state index contributed by atoms with van der Waals surface area (Å²) in [6.45, 7) is 9.69. The van der Waals surface area contributed by atoms with E-state index >= 15 is 0 Å². The van der Waals surface area contributed by atoms with E-state index in [9.17, 15) is 4.39 Å². The van der Waals surface area contributed by atoms with Gasteiger partial charge < -0.3 is 9.64 Å². The Morgan fingerprint density at radius 2 is 1.96 bits per heavy atom. The highest BCUT2D eigenvalue weighted by Gasteiger charge is 2.41. The second kappa shape index (κ2) is 7.70. The predicted molar refractivity (Wildman–Crippen MR) is 97.0 cm³/mol. The number of ether oxygens (including phenoxy) is 1. The van der Waals surface area contributed by atoms with E-state index in [1.165, 1.54) is 38.7 Å². The van der Waals surface area contributed by atoms with E-state index < -0.39 is 0 Å². The van der Waals surface area contributed by atoms with E-state index in [-0.39, 0.29) is 5.82 Å². The van der Waals surface area contributed by atoms with Crippen LogP contribution in [-0.2, 0) is 11.3 Å². The maximum absolute atomic E-state index is 13.4. The van der Waals surface area contributed by atoms with Gasteiger partial charge in [-0.15, -0.1) is 0 Å². The van der Waals surface area contributed by atoms with Gasteiger partial charge in [-0.25, -0.2) is 4.39 Å². The van der Waals surface area contributed by atoms with Crippen molar-refractivity contribution in [1.82, 2.24) is 14.7 Å². The van der Waals surface area contributed by atoms with Crippen LogP contribution in [0, 0.1) is 17.7 Å². The van der Waals surface area contributed by atoms with Crippen molar-refractivity contribution in [3.05, 3.63) is 35.6 Å². The molecule has 0 amide bonds. The number of hydrogen-bond donors (Lipinski definition) is 0. The van der Waals surface area contributed by atoms with Gasteiger partial charge in [0.15, 0.2) is 0 Å². The first-order chi connectivity index (χ1) is 12.2. The number of piperidine rings is 1. The SMILES string of the molecule is CN1CCN(C[C@@H]2OC[C@H]3CN(Cc4cccc(F)c4)CC[C@H]32)CC1. The fourth-order valence-corrected chi connectivity index (χ4v) is 4.67. The molecule has 25 heavy (non-hydrogen) atoms. The molecule has 0 radical (unpaired) electrons. The van der Waals surface area contributed by atoms with Crippen molar-refractivity contribution in [1.29, 1.82) is 0 Å². The molecule has 0 aromatic heterocycles. The number of halogens is 1. The number of likely N-dealkylation sites (tertiary alicyclic amines) is 1. The van der Waals surface area contributed by atoms with Crippen LogP contribution in [0.15, 0.2) is 24.3 Å². The molecule has 138 valence electrons. The summed E-state index contributed by atoms with van der Waals surface area (Å²) in [6, 6.07) is 7.01. The molecule has 0 bridgehead atoms. The van der Waals surface area contributed by atoms with Gasteiger partial charge in [-0.05, 0) is 43.6 Å². The molecule has 0 aliphatic carbocycles. The smallest absolute Gasteiger partial charge is 0.123 e. The highest BCUT2D eigenvalue weighted by molar-refractivity contribution is 5.16. The summed E-state index contributed by atoms with van der Waals surface area (Å²) in [5.74, 6) is 1.20. The van der Waals surface area contributed by atoms with Crippen LogP contribution in [0.3, 0.4) is 0 Å². The summed E-state index contributed by atoms with van der Waals surface area (Å²) < 4.78 is 19.6. The van der Waals surface area contributed by atoms with Crippen molar-refractivity contribution in [3.8, 4) is 0 Å². The molecule has 3 fully saturated rings. The zero-order valence-corrected chi connectivity index (χ0v) is 15.2. The van der Waals surface area contributed by atoms with Crippen LogP contribution in [0.2, 0.25) is 0 Å². The molecule has 0 saturated carbocycles. The Morgan fingerprint density at radius 3 is 2.76 bits per heavy atom. The van der Waals surface area contributed by atoms with Gasteiger partial charge >= 0.3 is 0 Å². The Morgan fingerprint density at radius 1 is 1.12 bits per heavy atom. The van der Waals surface area contributed by atoms with Gasteiger partial charge in [-0.1, -0.05) is 12.1 Å². The van der Waals surface area contributed by atoms with Gasteiger partial charge in [0.25, 0.3) is 0 Å². The fourth-order valence-electron chi connectivity index (χ4n) is 4.67. The molecule has 5 heteroatoms. The number of fused-ring (bicyclic) bond motifs is 1. The minimum atomic E-state index is -0.135. The van der Waals surface area contributed by atoms with Crippen LogP contribution < -0.4 is 0 Å². The van der Waals surface area contributed by atoms with E-state index in [0.29, 0.717) is 17.9 Å². The molecular weight excluding hydrogens is 317 g/mol. The van der Waals surface area contributed by atoms with Crippen LogP contribution in [0.25, 0.3) is 0 Å². The standard InChI is InChI=1S/C20H30FN3O/c1-22-7-9-23(10-8-22)14-20-19-5-6-24(13-17(19)15-25-20)12-16-3-2-4-18(21)11-16/h2-4,11,17,19-20H,5-10,12-15H2,1H3/t17-,19-,20+/m1/s1. The lowest BCUT2D eigenvalue weighted by molar-refractivity contribution is 0.0351. The number of benzene rings is 1.